The average molecular weight is 255 g/mol. The van der Waals surface area contributed by atoms with Crippen molar-refractivity contribution in [3.63, 3.8) is 0 Å². The maximum atomic E-state index is 12.1. The summed E-state index contributed by atoms with van der Waals surface area (Å²) in [7, 11) is 0. The molecule has 0 aromatic carbocycles. The summed E-state index contributed by atoms with van der Waals surface area (Å²) < 4.78 is 5.22. The number of carbonyl (C=O) groups excluding carboxylic acids is 2. The van der Waals surface area contributed by atoms with Gasteiger partial charge >= 0.3 is 6.09 Å². The molecule has 0 spiro atoms. The normalized spacial score (nSPS) is 17.8. The Hall–Kier alpha value is -1.06. The van der Waals surface area contributed by atoms with E-state index in [4.69, 9.17) is 4.74 Å². The van der Waals surface area contributed by atoms with E-state index in [2.05, 4.69) is 12.2 Å². The van der Waals surface area contributed by atoms with Gasteiger partial charge in [-0.1, -0.05) is 13.3 Å². The van der Waals surface area contributed by atoms with E-state index in [0.29, 0.717) is 6.42 Å². The maximum absolute atomic E-state index is 12.1. The lowest BCUT2D eigenvalue weighted by Crippen LogP contribution is -2.59. The zero-order valence-electron chi connectivity index (χ0n) is 12.0. The molecule has 0 aromatic rings. The van der Waals surface area contributed by atoms with Gasteiger partial charge in [0.1, 0.15) is 11.1 Å². The molecule has 1 aliphatic carbocycles. The molecule has 1 fully saturated rings. The highest BCUT2D eigenvalue weighted by Crippen LogP contribution is 2.34. The Morgan fingerprint density at radius 2 is 1.89 bits per heavy atom. The van der Waals surface area contributed by atoms with Crippen molar-refractivity contribution in [3.8, 4) is 0 Å². The lowest BCUT2D eigenvalue weighted by Gasteiger charge is -2.41. The molecule has 0 aromatic heterocycles. The van der Waals surface area contributed by atoms with Gasteiger partial charge < -0.3 is 10.1 Å². The highest BCUT2D eigenvalue weighted by Gasteiger charge is 2.45. The Morgan fingerprint density at radius 1 is 1.28 bits per heavy atom. The van der Waals surface area contributed by atoms with Crippen LogP contribution in [0.25, 0.3) is 0 Å². The molecule has 0 bridgehead atoms. The largest absolute Gasteiger partial charge is 0.444 e. The molecule has 1 amide bonds. The number of carbonyl (C=O) groups is 2. The quantitative estimate of drug-likeness (QED) is 0.820. The smallest absolute Gasteiger partial charge is 0.408 e. The number of hydrogen-bond acceptors (Lipinski definition) is 3. The predicted octanol–water partition coefficient (Wildman–Crippen LogP) is 3.19. The lowest BCUT2D eigenvalue weighted by molar-refractivity contribution is -0.129. The second-order valence-electron chi connectivity index (χ2n) is 6.09. The molecular formula is C14H25NO3. The van der Waals surface area contributed by atoms with Crippen molar-refractivity contribution >= 4 is 11.9 Å². The Bertz CT molecular complexity index is 313. The number of nitrogens with one attached hydrogen (secondary N) is 1. The third-order valence-electron chi connectivity index (χ3n) is 3.24. The fourth-order valence-corrected chi connectivity index (χ4v) is 2.08. The first-order valence-corrected chi connectivity index (χ1v) is 6.83. The highest BCUT2D eigenvalue weighted by molar-refractivity contribution is 5.92. The summed E-state index contributed by atoms with van der Waals surface area (Å²) in [5, 5.41) is 2.78. The zero-order valence-corrected chi connectivity index (χ0v) is 12.0. The van der Waals surface area contributed by atoms with Gasteiger partial charge in [0.2, 0.25) is 0 Å². The van der Waals surface area contributed by atoms with Crippen molar-refractivity contribution in [1.29, 1.82) is 0 Å². The van der Waals surface area contributed by atoms with Gasteiger partial charge in [0, 0.05) is 6.42 Å². The first-order chi connectivity index (χ1) is 8.29. The van der Waals surface area contributed by atoms with Crippen LogP contribution in [0.1, 0.15) is 66.2 Å². The number of hydrogen-bond donors (Lipinski definition) is 1. The Kier molecular flexibility index (Phi) is 4.77. The number of rotatable bonds is 5. The number of unbranched alkanes of at least 4 members (excludes halogenated alkanes) is 1. The van der Waals surface area contributed by atoms with Gasteiger partial charge in [-0.3, -0.25) is 4.79 Å². The van der Waals surface area contributed by atoms with Crippen molar-refractivity contribution in [3.05, 3.63) is 0 Å². The van der Waals surface area contributed by atoms with Crippen LogP contribution in [0.5, 0.6) is 0 Å². The average Bonchev–Trinajstić information content (AvgIpc) is 2.17. The minimum absolute atomic E-state index is 0.154. The molecule has 1 N–H and O–H groups in total. The van der Waals surface area contributed by atoms with Gasteiger partial charge in [0.25, 0.3) is 0 Å². The first kappa shape index (κ1) is 15.0. The summed E-state index contributed by atoms with van der Waals surface area (Å²) in [4.78, 5) is 23.9. The number of ether oxygens (including phenoxy) is 1. The van der Waals surface area contributed by atoms with Crippen LogP contribution in [0.15, 0.2) is 0 Å². The molecule has 1 saturated carbocycles. The van der Waals surface area contributed by atoms with Crippen LogP contribution < -0.4 is 5.32 Å². The standard InChI is InChI=1S/C14H25NO3/c1-5-6-8-11(16)14(9-7-10-14)15-12(17)18-13(2,3)4/h5-10H2,1-4H3,(H,15,17). The zero-order chi connectivity index (χ0) is 13.8. The molecular weight excluding hydrogens is 230 g/mol. The van der Waals surface area contributed by atoms with Gasteiger partial charge in [0.05, 0.1) is 0 Å². The number of ketones is 1. The van der Waals surface area contributed by atoms with Crippen molar-refractivity contribution in [1.82, 2.24) is 5.32 Å². The van der Waals surface area contributed by atoms with E-state index in [1.54, 1.807) is 0 Å². The molecule has 0 aliphatic heterocycles. The van der Waals surface area contributed by atoms with Crippen molar-refractivity contribution in [2.24, 2.45) is 0 Å². The third kappa shape index (κ3) is 4.00. The summed E-state index contributed by atoms with van der Waals surface area (Å²) in [6.45, 7) is 7.51. The van der Waals surface area contributed by atoms with Gasteiger partial charge in [-0.05, 0) is 46.5 Å². The van der Waals surface area contributed by atoms with Crippen LogP contribution in [0, 0.1) is 0 Å². The first-order valence-electron chi connectivity index (χ1n) is 6.83. The topological polar surface area (TPSA) is 55.4 Å². The molecule has 0 radical (unpaired) electrons. The summed E-state index contributed by atoms with van der Waals surface area (Å²) in [6.07, 6.45) is 4.43. The number of Topliss-reactive ketones (excluding diaryl/α,β-unsaturated/α-hetero) is 1. The van der Waals surface area contributed by atoms with E-state index in [1.165, 1.54) is 0 Å². The van der Waals surface area contributed by atoms with Gasteiger partial charge in [-0.15, -0.1) is 0 Å². The second-order valence-corrected chi connectivity index (χ2v) is 6.09. The predicted molar refractivity (Wildman–Crippen MR) is 70.5 cm³/mol. The van der Waals surface area contributed by atoms with Crippen molar-refractivity contribution < 1.29 is 14.3 Å². The second kappa shape index (κ2) is 5.72. The fourth-order valence-electron chi connectivity index (χ4n) is 2.08. The Balaban J connectivity index is 2.55. The van der Waals surface area contributed by atoms with Crippen LogP contribution in [-0.4, -0.2) is 23.0 Å². The SMILES string of the molecule is CCCCC(=O)C1(NC(=O)OC(C)(C)C)CCC1. The summed E-state index contributed by atoms with van der Waals surface area (Å²) in [5.41, 5.74) is -1.17. The Morgan fingerprint density at radius 3 is 2.28 bits per heavy atom. The van der Waals surface area contributed by atoms with E-state index in [0.717, 1.165) is 32.1 Å². The molecule has 4 nitrogen and oxygen atoms in total. The number of alkyl carbamates (subject to hydrolysis) is 1. The van der Waals surface area contributed by atoms with E-state index in [1.807, 2.05) is 20.8 Å². The molecule has 0 heterocycles. The third-order valence-corrected chi connectivity index (χ3v) is 3.24. The van der Waals surface area contributed by atoms with E-state index < -0.39 is 17.2 Å². The van der Waals surface area contributed by atoms with Gasteiger partial charge in [-0.25, -0.2) is 4.79 Å². The molecule has 1 rings (SSSR count). The van der Waals surface area contributed by atoms with Crippen LogP contribution in [-0.2, 0) is 9.53 Å². The number of amides is 1. The van der Waals surface area contributed by atoms with E-state index >= 15 is 0 Å². The van der Waals surface area contributed by atoms with Crippen LogP contribution in [0.4, 0.5) is 4.79 Å². The maximum Gasteiger partial charge on any atom is 0.408 e. The summed E-state index contributed by atoms with van der Waals surface area (Å²) >= 11 is 0. The molecule has 0 unspecified atom stereocenters. The van der Waals surface area contributed by atoms with E-state index in [9.17, 15) is 9.59 Å². The monoisotopic (exact) mass is 255 g/mol. The molecule has 18 heavy (non-hydrogen) atoms. The van der Waals surface area contributed by atoms with Crippen LogP contribution in [0.2, 0.25) is 0 Å². The summed E-state index contributed by atoms with van der Waals surface area (Å²) in [5.74, 6) is 0.154. The molecule has 104 valence electrons. The minimum atomic E-state index is -0.641. The highest BCUT2D eigenvalue weighted by atomic mass is 16.6. The Labute approximate surface area is 109 Å². The van der Waals surface area contributed by atoms with Crippen LogP contribution >= 0.6 is 0 Å². The molecule has 4 heteroatoms. The van der Waals surface area contributed by atoms with Crippen molar-refractivity contribution in [2.45, 2.75) is 77.4 Å². The minimum Gasteiger partial charge on any atom is -0.444 e. The molecule has 1 aliphatic rings. The van der Waals surface area contributed by atoms with Gasteiger partial charge in [-0.2, -0.15) is 0 Å². The fraction of sp³-hybridized carbons (Fsp3) is 0.857. The summed E-state index contributed by atoms with van der Waals surface area (Å²) in [6, 6.07) is 0. The van der Waals surface area contributed by atoms with Crippen LogP contribution in [0.3, 0.4) is 0 Å². The molecule has 0 saturated heterocycles. The molecule has 0 atom stereocenters. The lowest BCUT2D eigenvalue weighted by atomic mass is 9.72. The van der Waals surface area contributed by atoms with Gasteiger partial charge in [0.15, 0.2) is 5.78 Å². The van der Waals surface area contributed by atoms with E-state index in [-0.39, 0.29) is 5.78 Å². The van der Waals surface area contributed by atoms with Crippen molar-refractivity contribution in [2.75, 3.05) is 0 Å².